The molecule has 1 aromatic carbocycles. The van der Waals surface area contributed by atoms with Gasteiger partial charge < -0.3 is 10.1 Å². The highest BCUT2D eigenvalue weighted by Gasteiger charge is 2.04. The van der Waals surface area contributed by atoms with E-state index in [0.717, 1.165) is 5.69 Å². The predicted octanol–water partition coefficient (Wildman–Crippen LogP) is 1.77. The van der Waals surface area contributed by atoms with Crippen LogP contribution in [0.5, 0.6) is 5.75 Å². The van der Waals surface area contributed by atoms with Crippen LogP contribution >= 0.6 is 11.6 Å². The van der Waals surface area contributed by atoms with Crippen molar-refractivity contribution in [1.29, 1.82) is 0 Å². The minimum absolute atomic E-state index is 0.0283. The monoisotopic (exact) mass is 279 g/mol. The maximum atomic E-state index is 11.6. The van der Waals surface area contributed by atoms with Gasteiger partial charge in [-0.1, -0.05) is 11.6 Å². The van der Waals surface area contributed by atoms with E-state index in [1.165, 1.54) is 0 Å². The van der Waals surface area contributed by atoms with Gasteiger partial charge in [0.25, 0.3) is 5.91 Å². The molecule has 1 amide bonds. The molecule has 0 bridgehead atoms. The van der Waals surface area contributed by atoms with Gasteiger partial charge in [0.05, 0.1) is 12.2 Å². The summed E-state index contributed by atoms with van der Waals surface area (Å²) in [6, 6.07) is 8.71. The lowest BCUT2D eigenvalue weighted by Gasteiger charge is -2.07. The highest BCUT2D eigenvalue weighted by atomic mass is 35.5. The molecule has 0 unspecified atom stereocenters. The minimum Gasteiger partial charge on any atom is -0.484 e. The third kappa shape index (κ3) is 3.99. The van der Waals surface area contributed by atoms with Crippen LogP contribution in [0.3, 0.4) is 0 Å². The van der Waals surface area contributed by atoms with Crippen LogP contribution in [0.2, 0.25) is 5.02 Å². The van der Waals surface area contributed by atoms with Crippen LogP contribution in [-0.4, -0.2) is 22.3 Å². The number of benzene rings is 1. The number of carbonyl (C=O) groups is 1. The molecule has 2 rings (SSSR count). The summed E-state index contributed by atoms with van der Waals surface area (Å²) in [5.74, 6) is 0.427. The summed E-state index contributed by atoms with van der Waals surface area (Å²) in [4.78, 5) is 11.6. The number of nitrogens with one attached hydrogen (secondary N) is 1. The molecule has 0 aliphatic carbocycles. The molecule has 0 aliphatic heterocycles. The number of hydrogen-bond donors (Lipinski definition) is 1. The quantitative estimate of drug-likeness (QED) is 0.907. The molecule has 1 heterocycles. The standard InChI is InChI=1S/C13H14ClN3O2/c1-17-11(6-7-16-17)8-15-13(18)9-19-12-4-2-10(14)3-5-12/h2-7H,8-9H2,1H3,(H,15,18). The average molecular weight is 280 g/mol. The maximum Gasteiger partial charge on any atom is 0.258 e. The smallest absolute Gasteiger partial charge is 0.258 e. The number of carbonyl (C=O) groups excluding carboxylic acids is 1. The number of halogens is 1. The summed E-state index contributed by atoms with van der Waals surface area (Å²) in [6.45, 7) is 0.402. The topological polar surface area (TPSA) is 56.2 Å². The van der Waals surface area contributed by atoms with Crippen molar-refractivity contribution in [2.45, 2.75) is 6.54 Å². The van der Waals surface area contributed by atoms with Gasteiger partial charge in [-0.05, 0) is 30.3 Å². The molecular weight excluding hydrogens is 266 g/mol. The Labute approximate surface area is 116 Å². The Balaban J connectivity index is 1.76. The van der Waals surface area contributed by atoms with Crippen LogP contribution in [0.1, 0.15) is 5.69 Å². The first-order valence-corrected chi connectivity index (χ1v) is 6.15. The highest BCUT2D eigenvalue weighted by Crippen LogP contribution is 2.15. The fourth-order valence-electron chi connectivity index (χ4n) is 1.49. The second-order valence-electron chi connectivity index (χ2n) is 3.97. The van der Waals surface area contributed by atoms with Gasteiger partial charge >= 0.3 is 0 Å². The van der Waals surface area contributed by atoms with Crippen LogP contribution in [0.15, 0.2) is 36.5 Å². The minimum atomic E-state index is -0.184. The zero-order valence-corrected chi connectivity index (χ0v) is 11.2. The number of ether oxygens (including phenoxy) is 1. The van der Waals surface area contributed by atoms with Gasteiger partial charge in [0.2, 0.25) is 0 Å². The average Bonchev–Trinajstić information content (AvgIpc) is 2.81. The van der Waals surface area contributed by atoms with Gasteiger partial charge in [-0.15, -0.1) is 0 Å². The maximum absolute atomic E-state index is 11.6. The largest absolute Gasteiger partial charge is 0.484 e. The number of rotatable bonds is 5. The SMILES string of the molecule is Cn1nccc1CNC(=O)COc1ccc(Cl)cc1. The molecule has 1 aromatic heterocycles. The lowest BCUT2D eigenvalue weighted by atomic mass is 10.3. The van der Waals surface area contributed by atoms with Crippen LogP contribution in [-0.2, 0) is 18.4 Å². The molecule has 0 atom stereocenters. The van der Waals surface area contributed by atoms with Crippen molar-refractivity contribution in [1.82, 2.24) is 15.1 Å². The Morgan fingerprint density at radius 2 is 2.11 bits per heavy atom. The first-order valence-electron chi connectivity index (χ1n) is 5.77. The van der Waals surface area contributed by atoms with Crippen LogP contribution in [0.4, 0.5) is 0 Å². The van der Waals surface area contributed by atoms with E-state index >= 15 is 0 Å². The number of aromatic nitrogens is 2. The Kier molecular flexibility index (Phi) is 4.41. The second kappa shape index (κ2) is 6.24. The van der Waals surface area contributed by atoms with E-state index in [9.17, 15) is 4.79 Å². The molecule has 0 aliphatic rings. The van der Waals surface area contributed by atoms with Crippen molar-refractivity contribution in [2.75, 3.05) is 6.61 Å². The van der Waals surface area contributed by atoms with E-state index in [-0.39, 0.29) is 12.5 Å². The third-order valence-electron chi connectivity index (χ3n) is 2.57. The summed E-state index contributed by atoms with van der Waals surface area (Å²) in [7, 11) is 1.83. The van der Waals surface area contributed by atoms with Gasteiger partial charge in [-0.25, -0.2) is 0 Å². The molecule has 0 saturated heterocycles. The molecule has 0 spiro atoms. The lowest BCUT2D eigenvalue weighted by molar-refractivity contribution is -0.123. The fourth-order valence-corrected chi connectivity index (χ4v) is 1.62. The Bertz CT molecular complexity index is 551. The first-order chi connectivity index (χ1) is 9.15. The molecule has 0 radical (unpaired) electrons. The van der Waals surface area contributed by atoms with Crippen molar-refractivity contribution in [3.8, 4) is 5.75 Å². The molecule has 5 nitrogen and oxygen atoms in total. The van der Waals surface area contributed by atoms with E-state index < -0.39 is 0 Å². The van der Waals surface area contributed by atoms with Gasteiger partial charge in [0.1, 0.15) is 5.75 Å². The van der Waals surface area contributed by atoms with E-state index in [1.54, 1.807) is 35.1 Å². The summed E-state index contributed by atoms with van der Waals surface area (Å²) >= 11 is 5.75. The zero-order chi connectivity index (χ0) is 13.7. The van der Waals surface area contributed by atoms with Crippen LogP contribution in [0.25, 0.3) is 0 Å². The van der Waals surface area contributed by atoms with Crippen molar-refractivity contribution >= 4 is 17.5 Å². The van der Waals surface area contributed by atoms with E-state index in [4.69, 9.17) is 16.3 Å². The molecule has 6 heteroatoms. The molecule has 2 aromatic rings. The van der Waals surface area contributed by atoms with E-state index in [0.29, 0.717) is 17.3 Å². The molecule has 19 heavy (non-hydrogen) atoms. The summed E-state index contributed by atoms with van der Waals surface area (Å²) in [5.41, 5.74) is 0.930. The van der Waals surface area contributed by atoms with Crippen LogP contribution < -0.4 is 10.1 Å². The first kappa shape index (κ1) is 13.4. The zero-order valence-electron chi connectivity index (χ0n) is 10.5. The van der Waals surface area contributed by atoms with Gasteiger partial charge in [-0.2, -0.15) is 5.10 Å². The predicted molar refractivity (Wildman–Crippen MR) is 72.0 cm³/mol. The van der Waals surface area contributed by atoms with Gasteiger partial charge in [0, 0.05) is 18.3 Å². The molecule has 100 valence electrons. The van der Waals surface area contributed by atoms with Crippen molar-refractivity contribution < 1.29 is 9.53 Å². The Morgan fingerprint density at radius 3 is 2.74 bits per heavy atom. The normalized spacial score (nSPS) is 10.2. The van der Waals surface area contributed by atoms with E-state index in [1.807, 2.05) is 13.1 Å². The van der Waals surface area contributed by atoms with Crippen LogP contribution in [0, 0.1) is 0 Å². The summed E-state index contributed by atoms with van der Waals surface area (Å²) in [6.07, 6.45) is 1.69. The van der Waals surface area contributed by atoms with Gasteiger partial charge in [0.15, 0.2) is 6.61 Å². The van der Waals surface area contributed by atoms with Crippen molar-refractivity contribution in [3.05, 3.63) is 47.2 Å². The van der Waals surface area contributed by atoms with Gasteiger partial charge in [-0.3, -0.25) is 9.48 Å². The number of nitrogens with zero attached hydrogens (tertiary/aromatic N) is 2. The molecular formula is C13H14ClN3O2. The molecule has 0 saturated carbocycles. The lowest BCUT2D eigenvalue weighted by Crippen LogP contribution is -2.29. The fraction of sp³-hybridized carbons (Fsp3) is 0.231. The highest BCUT2D eigenvalue weighted by molar-refractivity contribution is 6.30. The number of aryl methyl sites for hydroxylation is 1. The summed E-state index contributed by atoms with van der Waals surface area (Å²) < 4.78 is 7.04. The number of hydrogen-bond acceptors (Lipinski definition) is 3. The Morgan fingerprint density at radius 1 is 1.37 bits per heavy atom. The van der Waals surface area contributed by atoms with E-state index in [2.05, 4.69) is 10.4 Å². The Hall–Kier alpha value is -2.01. The number of amides is 1. The molecule has 0 fully saturated rings. The second-order valence-corrected chi connectivity index (χ2v) is 4.40. The van der Waals surface area contributed by atoms with Crippen molar-refractivity contribution in [2.24, 2.45) is 7.05 Å². The van der Waals surface area contributed by atoms with Crippen molar-refractivity contribution in [3.63, 3.8) is 0 Å². The summed E-state index contributed by atoms with van der Waals surface area (Å²) in [5, 5.41) is 7.41. The molecule has 1 N–H and O–H groups in total. The third-order valence-corrected chi connectivity index (χ3v) is 2.82.